The maximum Gasteiger partial charge on any atom is 0.326 e. The number of anilines is 2. The minimum Gasteiger partial charge on any atom is -0.480 e. The second-order valence-electron chi connectivity index (χ2n) is 15.3. The van der Waals surface area contributed by atoms with Crippen molar-refractivity contribution in [3.05, 3.63) is 130 Å². The van der Waals surface area contributed by atoms with Crippen molar-refractivity contribution in [2.75, 3.05) is 23.7 Å². The van der Waals surface area contributed by atoms with Crippen molar-refractivity contribution in [3.63, 3.8) is 0 Å². The van der Waals surface area contributed by atoms with E-state index >= 15 is 0 Å². The molecule has 16 nitrogen and oxygen atoms in total. The standard InChI is InChI=1S/C23H21ClF2N4O3.C15H15FN4O4.C7H7ClFN/c24-16-6-3-4-13(21(16)26)8-9-20(31)19-10-14(25)11-30(19)23(33)28-17-12-29(22(27)32)18-7-2-1-5-15(17)18;16-8-5-12(13(21)22)20(6-8)15(24)18-10-7-19(14(17)23)11-4-2-1-3-9(10)11;8-6-3-1-2-5(4-10)7(6)9/h1-7,12,14,19H,8-11H2,(H2,27,32)(H,28,33);1-4,7-8,12H,5-6H2,(H2,17,23)(H,18,24)(H,21,22);1-3H,4,10H2/t14-,19+;8-,12+;/m11./s1. The van der Waals surface area contributed by atoms with E-state index in [0.717, 1.165) is 9.80 Å². The molecule has 352 valence electrons. The summed E-state index contributed by atoms with van der Waals surface area (Å²) in [5, 5.41) is 15.5. The van der Waals surface area contributed by atoms with E-state index in [-0.39, 0.29) is 66.7 Å². The molecule has 4 atom stereocenters. The molecule has 6 amide bonds. The maximum atomic E-state index is 14.2. The Bertz CT molecular complexity index is 2860. The molecule has 9 N–H and O–H groups in total. The molecule has 0 spiro atoms. The molecule has 8 rings (SSSR count). The number of nitrogens with zero attached hydrogens (tertiary/aromatic N) is 4. The number of aromatic nitrogens is 2. The third kappa shape index (κ3) is 11.3. The summed E-state index contributed by atoms with van der Waals surface area (Å²) in [7, 11) is 0. The first-order chi connectivity index (χ1) is 31.9. The minimum atomic E-state index is -1.39. The van der Waals surface area contributed by atoms with Crippen molar-refractivity contribution in [1.82, 2.24) is 18.9 Å². The van der Waals surface area contributed by atoms with Crippen LogP contribution in [0.15, 0.2) is 97.3 Å². The largest absolute Gasteiger partial charge is 0.480 e. The van der Waals surface area contributed by atoms with Crippen molar-refractivity contribution in [2.24, 2.45) is 17.2 Å². The molecule has 4 heterocycles. The van der Waals surface area contributed by atoms with E-state index < -0.39 is 66.2 Å². The van der Waals surface area contributed by atoms with Gasteiger partial charge in [0.25, 0.3) is 0 Å². The number of Topliss-reactive ketones (excluding diaryl/α,β-unsaturated/α-hetero) is 1. The number of urea groups is 2. The summed E-state index contributed by atoms with van der Waals surface area (Å²) in [5.41, 5.74) is 18.3. The number of hydrogen-bond acceptors (Lipinski definition) is 7. The Morgan fingerprint density at radius 2 is 1.07 bits per heavy atom. The molecule has 6 aromatic rings. The number of aryl methyl sites for hydroxylation is 1. The summed E-state index contributed by atoms with van der Waals surface area (Å²) in [4.78, 5) is 74.6. The average Bonchev–Trinajstić information content (AvgIpc) is 4.09. The predicted octanol–water partition coefficient (Wildman–Crippen LogP) is 8.04. The molecule has 22 heteroatoms. The number of benzene rings is 4. The average molecular weight is 969 g/mol. The molecule has 67 heavy (non-hydrogen) atoms. The summed E-state index contributed by atoms with van der Waals surface area (Å²) in [5.74, 6) is -2.64. The van der Waals surface area contributed by atoms with Gasteiger partial charge in [-0.3, -0.25) is 13.9 Å². The molecule has 2 aliphatic heterocycles. The Labute approximate surface area is 389 Å². The number of nitrogens with two attached hydrogens (primary N) is 3. The van der Waals surface area contributed by atoms with E-state index in [1.54, 1.807) is 66.7 Å². The lowest BCUT2D eigenvalue weighted by atomic mass is 10.0. The van der Waals surface area contributed by atoms with Gasteiger partial charge in [0.1, 0.15) is 30.0 Å². The number of primary amides is 2. The van der Waals surface area contributed by atoms with E-state index in [2.05, 4.69) is 10.6 Å². The number of rotatable bonds is 8. The quantitative estimate of drug-likeness (QED) is 0.0814. The van der Waals surface area contributed by atoms with Crippen molar-refractivity contribution < 1.29 is 51.4 Å². The van der Waals surface area contributed by atoms with E-state index in [1.165, 1.54) is 39.7 Å². The molecular weight excluding hydrogens is 925 g/mol. The smallest absolute Gasteiger partial charge is 0.326 e. The highest BCUT2D eigenvalue weighted by Crippen LogP contribution is 2.30. The zero-order valence-corrected chi connectivity index (χ0v) is 36.7. The van der Waals surface area contributed by atoms with Crippen LogP contribution in [0, 0.1) is 11.6 Å². The van der Waals surface area contributed by atoms with Crippen molar-refractivity contribution in [1.29, 1.82) is 0 Å². The van der Waals surface area contributed by atoms with Crippen molar-refractivity contribution >= 4 is 92.3 Å². The first kappa shape index (κ1) is 49.3. The van der Waals surface area contributed by atoms with Crippen LogP contribution in [0.25, 0.3) is 21.8 Å². The number of alkyl halides is 2. The van der Waals surface area contributed by atoms with Crippen LogP contribution in [0.3, 0.4) is 0 Å². The number of aliphatic carboxylic acids is 1. The third-order valence-corrected chi connectivity index (χ3v) is 11.6. The molecule has 0 aliphatic carbocycles. The monoisotopic (exact) mass is 967 g/mol. The molecule has 4 aromatic carbocycles. The van der Waals surface area contributed by atoms with E-state index in [1.807, 2.05) is 0 Å². The fraction of sp³-hybridized carbons (Fsp3) is 0.244. The number of carboxylic acid groups (broad SMARTS) is 1. The topological polar surface area (TPSA) is 241 Å². The van der Waals surface area contributed by atoms with Gasteiger partial charge in [-0.25, -0.2) is 41.5 Å². The van der Waals surface area contributed by atoms with Crippen LogP contribution in [-0.4, -0.2) is 97.4 Å². The van der Waals surface area contributed by atoms with E-state index in [9.17, 15) is 46.3 Å². The number of carbonyl (C=O) groups is 6. The fourth-order valence-electron chi connectivity index (χ4n) is 7.73. The Kier molecular flexibility index (Phi) is 15.8. The number of amides is 6. The third-order valence-electron chi connectivity index (χ3n) is 11.0. The highest BCUT2D eigenvalue weighted by molar-refractivity contribution is 6.31. The van der Waals surface area contributed by atoms with Crippen LogP contribution in [0.1, 0.15) is 30.4 Å². The van der Waals surface area contributed by atoms with Crippen LogP contribution < -0.4 is 27.8 Å². The maximum absolute atomic E-state index is 14.2. The molecule has 0 bridgehead atoms. The fourth-order valence-corrected chi connectivity index (χ4v) is 8.12. The second-order valence-corrected chi connectivity index (χ2v) is 16.1. The first-order valence-corrected chi connectivity index (χ1v) is 21.2. The molecule has 2 aromatic heterocycles. The number of para-hydroxylation sites is 2. The molecule has 0 radical (unpaired) electrons. The molecule has 0 unspecified atom stereocenters. The second kappa shape index (κ2) is 21.4. The SMILES string of the molecule is NC(=O)n1cc(NC(=O)N2C[C@H](F)C[C@H]2C(=O)CCc2cccc(Cl)c2F)c2ccccc21.NC(=O)n1cc(NC(=O)N2C[C@H](F)C[C@H]2C(=O)O)c2ccccc21.NCc1cccc(Cl)c1F. The van der Waals surface area contributed by atoms with Crippen LogP contribution in [0.2, 0.25) is 10.0 Å². The highest BCUT2D eigenvalue weighted by Gasteiger charge is 2.41. The summed E-state index contributed by atoms with van der Waals surface area (Å²) in [6.07, 6.45) is -0.377. The van der Waals surface area contributed by atoms with Gasteiger partial charge in [-0.2, -0.15) is 0 Å². The lowest BCUT2D eigenvalue weighted by molar-refractivity contribution is -0.141. The summed E-state index contributed by atoms with van der Waals surface area (Å²) < 4.78 is 57.0. The predicted molar refractivity (Wildman–Crippen MR) is 244 cm³/mol. The van der Waals surface area contributed by atoms with Crippen molar-refractivity contribution in [2.45, 2.75) is 56.7 Å². The number of ketones is 1. The number of nitrogens with one attached hydrogen (secondary N) is 2. The molecular formula is C45H43Cl2F4N9O7. The summed E-state index contributed by atoms with van der Waals surface area (Å²) in [6.45, 7) is -0.355. The van der Waals surface area contributed by atoms with Gasteiger partial charge in [0.15, 0.2) is 5.78 Å². The molecule has 2 aliphatic rings. The van der Waals surface area contributed by atoms with Gasteiger partial charge in [0.05, 0.1) is 51.6 Å². The van der Waals surface area contributed by atoms with Gasteiger partial charge in [-0.1, -0.05) is 83.9 Å². The van der Waals surface area contributed by atoms with Gasteiger partial charge in [-0.15, -0.1) is 0 Å². The van der Waals surface area contributed by atoms with Crippen LogP contribution in [0.5, 0.6) is 0 Å². The zero-order chi connectivity index (χ0) is 48.7. The lowest BCUT2D eigenvalue weighted by Crippen LogP contribution is -2.43. The lowest BCUT2D eigenvalue weighted by Gasteiger charge is -2.23. The van der Waals surface area contributed by atoms with Gasteiger partial charge in [0, 0.05) is 54.5 Å². The number of halogens is 6. The Morgan fingerprint density at radius 1 is 0.642 bits per heavy atom. The molecule has 0 saturated carbocycles. The first-order valence-electron chi connectivity index (χ1n) is 20.4. The normalized spacial score (nSPS) is 17.6. The van der Waals surface area contributed by atoms with E-state index in [4.69, 9.17) is 45.5 Å². The Balaban J connectivity index is 0.000000189. The molecule has 2 fully saturated rings. The van der Waals surface area contributed by atoms with E-state index in [0.29, 0.717) is 38.7 Å². The van der Waals surface area contributed by atoms with Gasteiger partial charge in [0.2, 0.25) is 0 Å². The highest BCUT2D eigenvalue weighted by atomic mass is 35.5. The van der Waals surface area contributed by atoms with Crippen LogP contribution in [-0.2, 0) is 22.6 Å². The zero-order valence-electron chi connectivity index (χ0n) is 35.2. The number of hydrogen-bond donors (Lipinski definition) is 6. The summed E-state index contributed by atoms with van der Waals surface area (Å²) >= 11 is 11.2. The van der Waals surface area contributed by atoms with Gasteiger partial charge >= 0.3 is 30.1 Å². The summed E-state index contributed by atoms with van der Waals surface area (Å²) in [6, 6.07) is 17.8. The number of carboxylic acids is 1. The van der Waals surface area contributed by atoms with Gasteiger partial charge in [-0.05, 0) is 36.2 Å². The van der Waals surface area contributed by atoms with Crippen molar-refractivity contribution in [3.8, 4) is 0 Å². The Hall–Kier alpha value is -7.16. The van der Waals surface area contributed by atoms with Gasteiger partial charge < -0.3 is 42.7 Å². The Morgan fingerprint density at radius 3 is 1.52 bits per heavy atom. The number of fused-ring (bicyclic) bond motifs is 2. The minimum absolute atomic E-state index is 0.0410. The van der Waals surface area contributed by atoms with Crippen LogP contribution in [0.4, 0.5) is 48.1 Å². The van der Waals surface area contributed by atoms with Crippen LogP contribution >= 0.6 is 23.2 Å². The number of likely N-dealkylation sites (tertiary alicyclic amines) is 2. The molecule has 2 saturated heterocycles. The number of carbonyl (C=O) groups excluding carboxylic acids is 5.